The summed E-state index contributed by atoms with van der Waals surface area (Å²) in [4.78, 5) is 16.0. The van der Waals surface area contributed by atoms with Crippen LogP contribution >= 0.6 is 0 Å². The lowest BCUT2D eigenvalue weighted by molar-refractivity contribution is -0.122. The van der Waals surface area contributed by atoms with Crippen LogP contribution in [-0.4, -0.2) is 20.5 Å². The Bertz CT molecular complexity index is 497. The molecule has 0 saturated heterocycles. The zero-order chi connectivity index (χ0) is 11.0. The maximum Gasteiger partial charge on any atom is 0.228 e. The molecule has 5 nitrogen and oxygen atoms in total. The molecule has 0 unspecified atom stereocenters. The first-order valence-corrected chi connectivity index (χ1v) is 5.44. The van der Waals surface area contributed by atoms with Crippen LogP contribution in [0.5, 0.6) is 0 Å². The summed E-state index contributed by atoms with van der Waals surface area (Å²) >= 11 is 0. The standard InChI is InChI=1S/C11H12N4O/c16-11(8-3-1-4-8)14-9-7-15-10(13-9)5-2-6-12-15/h2,5-8H,1,3-4H2,(H,14,16). The van der Waals surface area contributed by atoms with Gasteiger partial charge in [0.25, 0.3) is 0 Å². The lowest BCUT2D eigenvalue weighted by Gasteiger charge is -2.23. The molecule has 0 bridgehead atoms. The lowest BCUT2D eigenvalue weighted by Crippen LogP contribution is -2.28. The van der Waals surface area contributed by atoms with Crippen LogP contribution in [0.4, 0.5) is 5.82 Å². The molecule has 3 rings (SSSR count). The minimum atomic E-state index is 0.0784. The Hall–Kier alpha value is -1.91. The Morgan fingerprint density at radius 2 is 2.38 bits per heavy atom. The molecule has 2 aromatic rings. The molecule has 1 aliphatic rings. The van der Waals surface area contributed by atoms with Crippen LogP contribution in [0, 0.1) is 5.92 Å². The van der Waals surface area contributed by atoms with E-state index in [0.29, 0.717) is 5.82 Å². The van der Waals surface area contributed by atoms with Crippen LogP contribution in [0.25, 0.3) is 5.65 Å². The molecule has 0 aromatic carbocycles. The van der Waals surface area contributed by atoms with Gasteiger partial charge < -0.3 is 5.32 Å². The minimum absolute atomic E-state index is 0.0784. The third-order valence-electron chi connectivity index (χ3n) is 2.96. The van der Waals surface area contributed by atoms with Crippen LogP contribution in [0.3, 0.4) is 0 Å². The number of carbonyl (C=O) groups excluding carboxylic acids is 1. The summed E-state index contributed by atoms with van der Waals surface area (Å²) in [6.45, 7) is 0. The molecule has 0 radical (unpaired) electrons. The van der Waals surface area contributed by atoms with Crippen molar-refractivity contribution in [2.75, 3.05) is 5.32 Å². The first-order chi connectivity index (χ1) is 7.83. The third kappa shape index (κ3) is 1.54. The molecule has 1 aliphatic carbocycles. The second kappa shape index (κ2) is 3.59. The molecule has 0 atom stereocenters. The van der Waals surface area contributed by atoms with E-state index in [0.717, 1.165) is 24.9 Å². The SMILES string of the molecule is O=C(Nc1cn2ncccc2n1)C1CCC1. The molecule has 0 spiro atoms. The first-order valence-electron chi connectivity index (χ1n) is 5.44. The zero-order valence-electron chi connectivity index (χ0n) is 8.76. The highest BCUT2D eigenvalue weighted by Gasteiger charge is 2.25. The largest absolute Gasteiger partial charge is 0.309 e. The highest BCUT2D eigenvalue weighted by molar-refractivity contribution is 5.92. The molecular formula is C11H12N4O. The second-order valence-electron chi connectivity index (χ2n) is 4.07. The number of nitrogens with zero attached hydrogens (tertiary/aromatic N) is 3. The van der Waals surface area contributed by atoms with Gasteiger partial charge in [-0.15, -0.1) is 0 Å². The van der Waals surface area contributed by atoms with E-state index in [1.807, 2.05) is 12.1 Å². The second-order valence-corrected chi connectivity index (χ2v) is 4.07. The van der Waals surface area contributed by atoms with E-state index in [2.05, 4.69) is 15.4 Å². The molecular weight excluding hydrogens is 204 g/mol. The van der Waals surface area contributed by atoms with Crippen molar-refractivity contribution in [2.45, 2.75) is 19.3 Å². The molecule has 2 heterocycles. The third-order valence-corrected chi connectivity index (χ3v) is 2.96. The summed E-state index contributed by atoms with van der Waals surface area (Å²) in [6.07, 6.45) is 6.57. The first kappa shape index (κ1) is 9.33. The Morgan fingerprint density at radius 3 is 3.06 bits per heavy atom. The van der Waals surface area contributed by atoms with Crippen LogP contribution in [0.2, 0.25) is 0 Å². The number of hydrogen-bond donors (Lipinski definition) is 1. The Labute approximate surface area is 92.5 Å². The van der Waals surface area contributed by atoms with Gasteiger partial charge in [0.2, 0.25) is 5.91 Å². The van der Waals surface area contributed by atoms with Crippen LogP contribution < -0.4 is 5.32 Å². The summed E-state index contributed by atoms with van der Waals surface area (Å²) < 4.78 is 1.65. The van der Waals surface area contributed by atoms with Gasteiger partial charge in [-0.2, -0.15) is 5.10 Å². The molecule has 1 N–H and O–H groups in total. The number of hydrogen-bond acceptors (Lipinski definition) is 3. The normalized spacial score (nSPS) is 16.0. The van der Waals surface area contributed by atoms with Gasteiger partial charge in [0.1, 0.15) is 0 Å². The van der Waals surface area contributed by atoms with E-state index in [1.54, 1.807) is 16.9 Å². The minimum Gasteiger partial charge on any atom is -0.309 e. The molecule has 16 heavy (non-hydrogen) atoms. The number of fused-ring (bicyclic) bond motifs is 1. The molecule has 82 valence electrons. The summed E-state index contributed by atoms with van der Waals surface area (Å²) in [5.74, 6) is 0.836. The van der Waals surface area contributed by atoms with Gasteiger partial charge in [0, 0.05) is 12.1 Å². The van der Waals surface area contributed by atoms with E-state index in [1.165, 1.54) is 0 Å². The summed E-state index contributed by atoms with van der Waals surface area (Å²) in [5.41, 5.74) is 0.742. The number of anilines is 1. The smallest absolute Gasteiger partial charge is 0.228 e. The fourth-order valence-corrected chi connectivity index (χ4v) is 1.79. The highest BCUT2D eigenvalue weighted by Crippen LogP contribution is 2.27. The molecule has 2 aromatic heterocycles. The lowest BCUT2D eigenvalue weighted by atomic mass is 9.85. The maximum atomic E-state index is 11.7. The van der Waals surface area contributed by atoms with Gasteiger partial charge in [0.05, 0.1) is 6.20 Å². The Kier molecular flexibility index (Phi) is 2.09. The summed E-state index contributed by atoms with van der Waals surface area (Å²) in [6, 6.07) is 3.67. The van der Waals surface area contributed by atoms with Gasteiger partial charge in [-0.25, -0.2) is 9.50 Å². The predicted octanol–water partition coefficient (Wildman–Crippen LogP) is 1.47. The fourth-order valence-electron chi connectivity index (χ4n) is 1.79. The van der Waals surface area contributed by atoms with Gasteiger partial charge >= 0.3 is 0 Å². The number of rotatable bonds is 2. The van der Waals surface area contributed by atoms with E-state index < -0.39 is 0 Å². The highest BCUT2D eigenvalue weighted by atomic mass is 16.2. The van der Waals surface area contributed by atoms with Gasteiger partial charge in [-0.05, 0) is 25.0 Å². The van der Waals surface area contributed by atoms with Crippen molar-refractivity contribution in [1.82, 2.24) is 14.6 Å². The van der Waals surface area contributed by atoms with Crippen LogP contribution in [0.15, 0.2) is 24.5 Å². The quantitative estimate of drug-likeness (QED) is 0.826. The molecule has 1 saturated carbocycles. The number of nitrogens with one attached hydrogen (secondary N) is 1. The van der Waals surface area contributed by atoms with Crippen molar-refractivity contribution in [3.63, 3.8) is 0 Å². The van der Waals surface area contributed by atoms with Gasteiger partial charge in [0.15, 0.2) is 11.5 Å². The van der Waals surface area contributed by atoms with E-state index in [-0.39, 0.29) is 11.8 Å². The van der Waals surface area contributed by atoms with Crippen molar-refractivity contribution >= 4 is 17.4 Å². The van der Waals surface area contributed by atoms with Crippen LogP contribution in [-0.2, 0) is 4.79 Å². The number of amides is 1. The number of aromatic nitrogens is 3. The molecule has 1 fully saturated rings. The summed E-state index contributed by atoms with van der Waals surface area (Å²) in [5, 5.41) is 6.91. The topological polar surface area (TPSA) is 59.3 Å². The number of imidazole rings is 1. The van der Waals surface area contributed by atoms with E-state index in [9.17, 15) is 4.79 Å². The van der Waals surface area contributed by atoms with Crippen molar-refractivity contribution in [3.05, 3.63) is 24.5 Å². The fraction of sp³-hybridized carbons (Fsp3) is 0.364. The summed E-state index contributed by atoms with van der Waals surface area (Å²) in [7, 11) is 0. The number of carbonyl (C=O) groups is 1. The average Bonchev–Trinajstić information content (AvgIpc) is 2.56. The zero-order valence-corrected chi connectivity index (χ0v) is 8.76. The van der Waals surface area contributed by atoms with Crippen LogP contribution in [0.1, 0.15) is 19.3 Å². The Balaban J connectivity index is 1.80. The Morgan fingerprint density at radius 1 is 1.50 bits per heavy atom. The average molecular weight is 216 g/mol. The van der Waals surface area contributed by atoms with Crippen molar-refractivity contribution in [1.29, 1.82) is 0 Å². The van der Waals surface area contributed by atoms with E-state index in [4.69, 9.17) is 0 Å². The van der Waals surface area contributed by atoms with E-state index >= 15 is 0 Å². The molecule has 5 heteroatoms. The molecule has 0 aliphatic heterocycles. The van der Waals surface area contributed by atoms with Crippen molar-refractivity contribution < 1.29 is 4.79 Å². The predicted molar refractivity (Wildman–Crippen MR) is 59.0 cm³/mol. The van der Waals surface area contributed by atoms with Crippen molar-refractivity contribution in [3.8, 4) is 0 Å². The van der Waals surface area contributed by atoms with Crippen molar-refractivity contribution in [2.24, 2.45) is 5.92 Å². The molecule has 1 amide bonds. The van der Waals surface area contributed by atoms with Gasteiger partial charge in [-0.3, -0.25) is 4.79 Å². The maximum absolute atomic E-state index is 11.7. The monoisotopic (exact) mass is 216 g/mol. The van der Waals surface area contributed by atoms with Gasteiger partial charge in [-0.1, -0.05) is 6.42 Å².